The van der Waals surface area contributed by atoms with Gasteiger partial charge in [0.1, 0.15) is 22.3 Å². The Kier molecular flexibility index (Phi) is 4.52. The molecule has 214 valence electrons. The van der Waals surface area contributed by atoms with Gasteiger partial charge < -0.3 is 17.8 Å². The van der Waals surface area contributed by atoms with Crippen molar-refractivity contribution < 1.29 is 13.3 Å². The molecule has 5 heteroatoms. The van der Waals surface area contributed by atoms with E-state index in [9.17, 15) is 0 Å². The third kappa shape index (κ3) is 3.16. The fourth-order valence-corrected chi connectivity index (χ4v) is 7.35. The third-order valence-electron chi connectivity index (χ3n) is 9.40. The summed E-state index contributed by atoms with van der Waals surface area (Å²) in [5.41, 5.74) is 9.07. The van der Waals surface area contributed by atoms with Crippen LogP contribution in [0.4, 0.5) is 0 Å². The second-order valence-corrected chi connectivity index (χ2v) is 11.9. The second kappa shape index (κ2) is 8.65. The average Bonchev–Trinajstić information content (AvgIpc) is 3.87. The zero-order valence-corrected chi connectivity index (χ0v) is 24.3. The molecule has 0 aliphatic rings. The van der Waals surface area contributed by atoms with Gasteiger partial charge in [0.25, 0.3) is 0 Å². The number of furan rings is 2. The number of benzene rings is 7. The standard InChI is InChI=1S/C41H22N2O3/c1-2-10-25-23(9-1)20-34(40-39(25)30-19-24(17-18-36(30)45-40)41-42-31-13-5-8-16-37(31)46-41)43-32-14-6-3-11-26(32)28-21-29-27-12-4-7-15-35(27)44-38(29)22-33(28)43/h1-22H. The maximum atomic E-state index is 6.80. The average molecular weight is 591 g/mol. The van der Waals surface area contributed by atoms with Crippen molar-refractivity contribution in [1.29, 1.82) is 0 Å². The monoisotopic (exact) mass is 590 g/mol. The Labute approximate surface area is 260 Å². The van der Waals surface area contributed by atoms with Crippen molar-refractivity contribution in [3.8, 4) is 17.1 Å². The molecule has 0 bridgehead atoms. The zero-order valence-electron chi connectivity index (χ0n) is 24.3. The Morgan fingerprint density at radius 3 is 2.13 bits per heavy atom. The summed E-state index contributed by atoms with van der Waals surface area (Å²) < 4.78 is 21.7. The summed E-state index contributed by atoms with van der Waals surface area (Å²) in [5, 5.41) is 8.95. The summed E-state index contributed by atoms with van der Waals surface area (Å²) in [5.74, 6) is 0.593. The molecule has 7 aromatic carbocycles. The molecule has 0 aliphatic carbocycles. The van der Waals surface area contributed by atoms with Crippen LogP contribution in [0.1, 0.15) is 0 Å². The molecular weight excluding hydrogens is 568 g/mol. The Morgan fingerprint density at radius 2 is 1.22 bits per heavy atom. The van der Waals surface area contributed by atoms with Gasteiger partial charge in [-0.2, -0.15) is 0 Å². The summed E-state index contributed by atoms with van der Waals surface area (Å²) in [7, 11) is 0. The van der Waals surface area contributed by atoms with Gasteiger partial charge in [-0.25, -0.2) is 4.98 Å². The number of oxazole rings is 1. The summed E-state index contributed by atoms with van der Waals surface area (Å²) >= 11 is 0. The molecule has 0 atom stereocenters. The van der Waals surface area contributed by atoms with Crippen LogP contribution in [-0.4, -0.2) is 9.55 Å². The van der Waals surface area contributed by atoms with Gasteiger partial charge in [-0.1, -0.05) is 72.8 Å². The van der Waals surface area contributed by atoms with Crippen LogP contribution in [0, 0.1) is 0 Å². The number of hydrogen-bond acceptors (Lipinski definition) is 4. The molecule has 0 unspecified atom stereocenters. The lowest BCUT2D eigenvalue weighted by atomic mass is 10.0. The Morgan fingerprint density at radius 1 is 0.457 bits per heavy atom. The van der Waals surface area contributed by atoms with Gasteiger partial charge in [0.2, 0.25) is 5.89 Å². The van der Waals surface area contributed by atoms with E-state index in [0.29, 0.717) is 5.89 Å². The minimum Gasteiger partial charge on any atom is -0.456 e. The minimum atomic E-state index is 0.593. The van der Waals surface area contributed by atoms with Crippen molar-refractivity contribution in [2.45, 2.75) is 0 Å². The van der Waals surface area contributed by atoms with Crippen LogP contribution < -0.4 is 0 Å². The third-order valence-corrected chi connectivity index (χ3v) is 9.40. The van der Waals surface area contributed by atoms with Crippen LogP contribution in [0.5, 0.6) is 0 Å². The highest BCUT2D eigenvalue weighted by molar-refractivity contribution is 6.23. The van der Waals surface area contributed by atoms with E-state index in [4.69, 9.17) is 18.2 Å². The molecule has 11 rings (SSSR count). The van der Waals surface area contributed by atoms with Gasteiger partial charge in [0, 0.05) is 43.9 Å². The first-order valence-electron chi connectivity index (χ1n) is 15.4. The summed E-state index contributed by atoms with van der Waals surface area (Å²) in [6, 6.07) is 46.1. The van der Waals surface area contributed by atoms with Crippen LogP contribution in [0.15, 0.2) is 147 Å². The molecule has 4 aromatic heterocycles. The van der Waals surface area contributed by atoms with Gasteiger partial charge >= 0.3 is 0 Å². The first kappa shape index (κ1) is 24.0. The molecule has 4 heterocycles. The first-order chi connectivity index (χ1) is 22.8. The van der Waals surface area contributed by atoms with E-state index in [0.717, 1.165) is 88.0 Å². The highest BCUT2D eigenvalue weighted by Gasteiger charge is 2.22. The Bertz CT molecular complexity index is 3010. The van der Waals surface area contributed by atoms with Crippen LogP contribution in [0.25, 0.3) is 105 Å². The second-order valence-electron chi connectivity index (χ2n) is 11.9. The highest BCUT2D eigenvalue weighted by Crippen LogP contribution is 2.44. The highest BCUT2D eigenvalue weighted by atomic mass is 16.3. The number of fused-ring (bicyclic) bond motifs is 12. The van der Waals surface area contributed by atoms with E-state index in [2.05, 4.69) is 89.5 Å². The van der Waals surface area contributed by atoms with Crippen LogP contribution in [-0.2, 0) is 0 Å². The Balaban J connectivity index is 1.26. The van der Waals surface area contributed by atoms with E-state index in [-0.39, 0.29) is 0 Å². The van der Waals surface area contributed by atoms with E-state index in [1.165, 1.54) is 10.8 Å². The first-order valence-corrected chi connectivity index (χ1v) is 15.4. The molecular formula is C41H22N2O3. The lowest BCUT2D eigenvalue weighted by Gasteiger charge is -2.11. The SMILES string of the molecule is c1ccc2c(c1)cc(-n1c3ccccc3c3cc4c(cc31)oc1ccccc14)c1oc3ccc(-c4nc5ccccc5o4)cc3c12. The van der Waals surface area contributed by atoms with Crippen molar-refractivity contribution in [3.63, 3.8) is 0 Å². The molecule has 0 amide bonds. The largest absolute Gasteiger partial charge is 0.456 e. The Hall–Kier alpha value is -6.33. The van der Waals surface area contributed by atoms with E-state index in [1.54, 1.807) is 0 Å². The van der Waals surface area contributed by atoms with Gasteiger partial charge in [-0.05, 0) is 65.4 Å². The lowest BCUT2D eigenvalue weighted by molar-refractivity contribution is 0.620. The lowest BCUT2D eigenvalue weighted by Crippen LogP contribution is -1.95. The fourth-order valence-electron chi connectivity index (χ4n) is 7.35. The van der Waals surface area contributed by atoms with Gasteiger partial charge in [0.15, 0.2) is 11.2 Å². The van der Waals surface area contributed by atoms with Gasteiger partial charge in [-0.3, -0.25) is 0 Å². The molecule has 0 aliphatic heterocycles. The number of rotatable bonds is 2. The van der Waals surface area contributed by atoms with E-state index in [1.807, 2.05) is 48.5 Å². The topological polar surface area (TPSA) is 57.2 Å². The van der Waals surface area contributed by atoms with Crippen molar-refractivity contribution in [1.82, 2.24) is 9.55 Å². The normalized spacial score (nSPS) is 12.3. The van der Waals surface area contributed by atoms with Crippen LogP contribution >= 0.6 is 0 Å². The smallest absolute Gasteiger partial charge is 0.227 e. The van der Waals surface area contributed by atoms with Crippen LogP contribution in [0.3, 0.4) is 0 Å². The molecule has 0 spiro atoms. The number of hydrogen-bond donors (Lipinski definition) is 0. The molecule has 11 aromatic rings. The predicted octanol–water partition coefficient (Wildman–Crippen LogP) is 11.5. The molecule has 5 nitrogen and oxygen atoms in total. The summed E-state index contributed by atoms with van der Waals surface area (Å²) in [6.07, 6.45) is 0. The number of aromatic nitrogens is 2. The maximum absolute atomic E-state index is 6.80. The predicted molar refractivity (Wildman–Crippen MR) is 186 cm³/mol. The molecule has 0 saturated heterocycles. The fraction of sp³-hybridized carbons (Fsp3) is 0. The van der Waals surface area contributed by atoms with Crippen molar-refractivity contribution in [2.24, 2.45) is 0 Å². The molecule has 0 fully saturated rings. The number of para-hydroxylation sites is 4. The summed E-state index contributed by atoms with van der Waals surface area (Å²) in [4.78, 5) is 4.77. The van der Waals surface area contributed by atoms with Crippen molar-refractivity contribution >= 4 is 87.6 Å². The van der Waals surface area contributed by atoms with Crippen molar-refractivity contribution in [2.75, 3.05) is 0 Å². The number of nitrogens with zero attached hydrogens (tertiary/aromatic N) is 2. The molecule has 0 radical (unpaired) electrons. The zero-order chi connectivity index (χ0) is 29.9. The molecule has 0 N–H and O–H groups in total. The van der Waals surface area contributed by atoms with Crippen molar-refractivity contribution in [3.05, 3.63) is 133 Å². The quantitative estimate of drug-likeness (QED) is 0.201. The van der Waals surface area contributed by atoms with Crippen LogP contribution in [0.2, 0.25) is 0 Å². The minimum absolute atomic E-state index is 0.593. The van der Waals surface area contributed by atoms with E-state index < -0.39 is 0 Å². The molecule has 46 heavy (non-hydrogen) atoms. The molecule has 0 saturated carbocycles. The summed E-state index contributed by atoms with van der Waals surface area (Å²) in [6.45, 7) is 0. The van der Waals surface area contributed by atoms with E-state index >= 15 is 0 Å². The van der Waals surface area contributed by atoms with Gasteiger partial charge in [0.05, 0.1) is 16.7 Å². The van der Waals surface area contributed by atoms with Gasteiger partial charge in [-0.15, -0.1) is 0 Å². The maximum Gasteiger partial charge on any atom is 0.227 e.